The first-order chi connectivity index (χ1) is 12.2. The van der Waals surface area contributed by atoms with Crippen molar-refractivity contribution in [2.24, 2.45) is 0 Å². The van der Waals surface area contributed by atoms with E-state index in [1.165, 1.54) is 7.11 Å². The fourth-order valence-corrected chi connectivity index (χ4v) is 2.94. The standard InChI is InChI=1S/C17H21N5O3/c1-25-16(23)9-13-3-2-4-15(20-13)21-17(24)22-7-5-12(6-8-22)14-10-18-11-19-14/h2-4,10-12H,5-9H2,1H3,(H,18,19)(H,20,21,24). The number of pyridine rings is 1. The molecule has 8 heteroatoms. The number of likely N-dealkylation sites (tertiary alicyclic amines) is 1. The summed E-state index contributed by atoms with van der Waals surface area (Å²) in [5, 5.41) is 2.80. The highest BCUT2D eigenvalue weighted by atomic mass is 16.5. The van der Waals surface area contributed by atoms with Crippen LogP contribution in [0, 0.1) is 0 Å². The molecule has 0 aromatic carbocycles. The number of nitrogens with zero attached hydrogens (tertiary/aromatic N) is 3. The maximum atomic E-state index is 12.4. The van der Waals surface area contributed by atoms with Gasteiger partial charge in [-0.05, 0) is 25.0 Å². The van der Waals surface area contributed by atoms with E-state index in [4.69, 9.17) is 0 Å². The molecule has 1 aliphatic rings. The number of ether oxygens (including phenoxy) is 1. The van der Waals surface area contributed by atoms with Crippen LogP contribution in [0.15, 0.2) is 30.7 Å². The zero-order valence-electron chi connectivity index (χ0n) is 14.1. The number of methoxy groups -OCH3 is 1. The smallest absolute Gasteiger partial charge is 0.323 e. The largest absolute Gasteiger partial charge is 0.469 e. The fourth-order valence-electron chi connectivity index (χ4n) is 2.94. The van der Waals surface area contributed by atoms with Gasteiger partial charge in [-0.15, -0.1) is 0 Å². The van der Waals surface area contributed by atoms with Crippen molar-refractivity contribution < 1.29 is 14.3 Å². The molecule has 1 saturated heterocycles. The van der Waals surface area contributed by atoms with Crippen molar-refractivity contribution in [3.8, 4) is 0 Å². The van der Waals surface area contributed by atoms with Crippen LogP contribution in [0.5, 0.6) is 0 Å². The number of piperidine rings is 1. The molecule has 0 spiro atoms. The summed E-state index contributed by atoms with van der Waals surface area (Å²) >= 11 is 0. The lowest BCUT2D eigenvalue weighted by atomic mass is 9.94. The molecule has 3 rings (SSSR count). The van der Waals surface area contributed by atoms with Gasteiger partial charge in [0.2, 0.25) is 0 Å². The van der Waals surface area contributed by atoms with E-state index in [9.17, 15) is 9.59 Å². The highest BCUT2D eigenvalue weighted by Gasteiger charge is 2.24. The summed E-state index contributed by atoms with van der Waals surface area (Å²) in [6.07, 6.45) is 5.39. The van der Waals surface area contributed by atoms with Gasteiger partial charge in [0.05, 0.1) is 25.6 Å². The molecule has 1 fully saturated rings. The minimum Gasteiger partial charge on any atom is -0.469 e. The first-order valence-corrected chi connectivity index (χ1v) is 8.22. The third-order valence-corrected chi connectivity index (χ3v) is 4.34. The summed E-state index contributed by atoms with van der Waals surface area (Å²) in [6, 6.07) is 5.01. The van der Waals surface area contributed by atoms with E-state index in [0.717, 1.165) is 18.5 Å². The number of hydrogen-bond donors (Lipinski definition) is 2. The van der Waals surface area contributed by atoms with E-state index >= 15 is 0 Å². The van der Waals surface area contributed by atoms with Crippen LogP contribution in [-0.4, -0.2) is 52.1 Å². The number of esters is 1. The van der Waals surface area contributed by atoms with E-state index in [-0.39, 0.29) is 18.4 Å². The van der Waals surface area contributed by atoms with E-state index in [1.807, 2.05) is 6.20 Å². The Morgan fingerprint density at radius 1 is 1.36 bits per heavy atom. The molecule has 2 aromatic heterocycles. The number of hydrogen-bond acceptors (Lipinski definition) is 5. The van der Waals surface area contributed by atoms with Crippen molar-refractivity contribution in [1.29, 1.82) is 0 Å². The SMILES string of the molecule is COC(=O)Cc1cccc(NC(=O)N2CCC(c3cnc[nH]3)CC2)n1. The number of nitrogens with one attached hydrogen (secondary N) is 2. The first-order valence-electron chi connectivity index (χ1n) is 8.22. The monoisotopic (exact) mass is 343 g/mol. The lowest BCUT2D eigenvalue weighted by molar-refractivity contribution is -0.139. The van der Waals surface area contributed by atoms with Crippen LogP contribution in [0.25, 0.3) is 0 Å². The molecule has 8 nitrogen and oxygen atoms in total. The topological polar surface area (TPSA) is 100 Å². The molecule has 0 bridgehead atoms. The Balaban J connectivity index is 1.54. The molecule has 0 unspecified atom stereocenters. The van der Waals surface area contributed by atoms with Gasteiger partial charge in [-0.2, -0.15) is 0 Å². The lowest BCUT2D eigenvalue weighted by Gasteiger charge is -2.31. The first kappa shape index (κ1) is 16.9. The Hall–Kier alpha value is -2.90. The van der Waals surface area contributed by atoms with Gasteiger partial charge in [0.25, 0.3) is 0 Å². The minimum absolute atomic E-state index is 0.0792. The molecule has 2 N–H and O–H groups in total. The molecule has 1 aliphatic heterocycles. The van der Waals surface area contributed by atoms with Crippen molar-refractivity contribution in [2.75, 3.05) is 25.5 Å². The molecule has 132 valence electrons. The Bertz CT molecular complexity index is 724. The van der Waals surface area contributed by atoms with Gasteiger partial charge >= 0.3 is 12.0 Å². The number of aromatic amines is 1. The Labute approximate surface area is 145 Å². The third-order valence-electron chi connectivity index (χ3n) is 4.34. The molecule has 0 saturated carbocycles. The van der Waals surface area contributed by atoms with Gasteiger partial charge in [-0.25, -0.2) is 14.8 Å². The Morgan fingerprint density at radius 3 is 2.84 bits per heavy atom. The molecule has 25 heavy (non-hydrogen) atoms. The summed E-state index contributed by atoms with van der Waals surface area (Å²) in [5.41, 5.74) is 1.68. The number of anilines is 1. The number of rotatable bonds is 4. The van der Waals surface area contributed by atoms with Crippen LogP contribution >= 0.6 is 0 Å². The summed E-state index contributed by atoms with van der Waals surface area (Å²) in [5.74, 6) is 0.479. The highest BCUT2D eigenvalue weighted by molar-refractivity contribution is 5.88. The molecule has 0 radical (unpaired) electrons. The van der Waals surface area contributed by atoms with Crippen molar-refractivity contribution in [2.45, 2.75) is 25.2 Å². The molecule has 2 amide bonds. The van der Waals surface area contributed by atoms with Crippen molar-refractivity contribution in [1.82, 2.24) is 19.9 Å². The average Bonchev–Trinajstić information content (AvgIpc) is 3.16. The van der Waals surface area contributed by atoms with E-state index < -0.39 is 0 Å². The Morgan fingerprint density at radius 2 is 2.16 bits per heavy atom. The number of carbonyl (C=O) groups excluding carboxylic acids is 2. The number of amides is 2. The third kappa shape index (κ3) is 4.34. The normalized spacial score (nSPS) is 15.0. The van der Waals surface area contributed by atoms with Crippen LogP contribution in [-0.2, 0) is 16.0 Å². The molecule has 0 atom stereocenters. The number of carbonyl (C=O) groups is 2. The van der Waals surface area contributed by atoms with Gasteiger partial charge in [0, 0.05) is 30.9 Å². The highest BCUT2D eigenvalue weighted by Crippen LogP contribution is 2.26. The molecular weight excluding hydrogens is 322 g/mol. The van der Waals surface area contributed by atoms with Gasteiger partial charge in [0.1, 0.15) is 5.82 Å². The van der Waals surface area contributed by atoms with Crippen LogP contribution in [0.1, 0.15) is 30.1 Å². The average molecular weight is 343 g/mol. The predicted molar refractivity (Wildman–Crippen MR) is 91.1 cm³/mol. The Kier molecular flexibility index (Phi) is 5.27. The zero-order chi connectivity index (χ0) is 17.6. The van der Waals surface area contributed by atoms with Crippen LogP contribution in [0.3, 0.4) is 0 Å². The quantitative estimate of drug-likeness (QED) is 0.826. The zero-order valence-corrected chi connectivity index (χ0v) is 14.1. The number of imidazole rings is 1. The van der Waals surface area contributed by atoms with Crippen LogP contribution in [0.2, 0.25) is 0 Å². The molecular formula is C17H21N5O3. The second kappa shape index (κ2) is 7.78. The van der Waals surface area contributed by atoms with Crippen LogP contribution in [0.4, 0.5) is 10.6 Å². The minimum atomic E-state index is -0.364. The second-order valence-corrected chi connectivity index (χ2v) is 5.97. The van der Waals surface area contributed by atoms with Crippen molar-refractivity contribution in [3.05, 3.63) is 42.1 Å². The van der Waals surface area contributed by atoms with Crippen molar-refractivity contribution >= 4 is 17.8 Å². The fraction of sp³-hybridized carbons (Fsp3) is 0.412. The lowest BCUT2D eigenvalue weighted by Crippen LogP contribution is -2.40. The van der Waals surface area contributed by atoms with Gasteiger partial charge in [-0.3, -0.25) is 10.1 Å². The van der Waals surface area contributed by atoms with Crippen LogP contribution < -0.4 is 5.32 Å². The summed E-state index contributed by atoms with van der Waals surface area (Å²) < 4.78 is 4.63. The van der Waals surface area contributed by atoms with E-state index in [0.29, 0.717) is 30.5 Å². The molecule has 0 aliphatic carbocycles. The number of H-pyrrole nitrogens is 1. The van der Waals surface area contributed by atoms with E-state index in [1.54, 1.807) is 29.4 Å². The molecule has 3 heterocycles. The number of urea groups is 1. The van der Waals surface area contributed by atoms with Crippen molar-refractivity contribution in [3.63, 3.8) is 0 Å². The maximum Gasteiger partial charge on any atom is 0.323 e. The van der Waals surface area contributed by atoms with E-state index in [2.05, 4.69) is 25.0 Å². The molecule has 2 aromatic rings. The van der Waals surface area contributed by atoms with Gasteiger partial charge in [0.15, 0.2) is 0 Å². The summed E-state index contributed by atoms with van der Waals surface area (Å²) in [4.78, 5) is 37.0. The maximum absolute atomic E-state index is 12.4. The summed E-state index contributed by atoms with van der Waals surface area (Å²) in [7, 11) is 1.33. The summed E-state index contributed by atoms with van der Waals surface area (Å²) in [6.45, 7) is 1.36. The predicted octanol–water partition coefficient (Wildman–Crippen LogP) is 1.93. The number of aromatic nitrogens is 3. The van der Waals surface area contributed by atoms with Gasteiger partial charge < -0.3 is 14.6 Å². The second-order valence-electron chi connectivity index (χ2n) is 5.97. The van der Waals surface area contributed by atoms with Gasteiger partial charge in [-0.1, -0.05) is 6.07 Å².